The molecule has 6 aromatic rings. The van der Waals surface area contributed by atoms with Crippen molar-refractivity contribution in [2.45, 2.75) is 38.5 Å². The molecule has 0 fully saturated rings. The highest BCUT2D eigenvalue weighted by Gasteiger charge is 2.29. The van der Waals surface area contributed by atoms with Crippen molar-refractivity contribution in [3.63, 3.8) is 0 Å². The number of carboxylic acid groups (broad SMARTS) is 2. The van der Waals surface area contributed by atoms with Crippen molar-refractivity contribution in [3.05, 3.63) is 144 Å². The third-order valence-electron chi connectivity index (χ3n) is 8.03. The second-order valence-electron chi connectivity index (χ2n) is 11.7. The summed E-state index contributed by atoms with van der Waals surface area (Å²) in [5.74, 6) is -6.01. The minimum absolute atomic E-state index is 0.784. The number of nitrogens with one attached hydrogen (secondary N) is 2. The molecule has 0 amide bonds. The first kappa shape index (κ1) is 37.1. The van der Waals surface area contributed by atoms with E-state index in [0.717, 1.165) is 37.6 Å². The molecule has 0 atom stereocenters. The van der Waals surface area contributed by atoms with E-state index >= 15 is 0 Å². The number of hydrogen-bond acceptors (Lipinski definition) is 6. The van der Waals surface area contributed by atoms with Crippen LogP contribution in [-0.4, -0.2) is 24.3 Å². The summed E-state index contributed by atoms with van der Waals surface area (Å²) in [5, 5.41) is 27.4. The van der Waals surface area contributed by atoms with E-state index in [0.29, 0.717) is 0 Å². The highest BCUT2D eigenvalue weighted by molar-refractivity contribution is 5.89. The molecule has 8 bridgehead atoms. The van der Waals surface area contributed by atoms with E-state index in [9.17, 15) is 26.3 Å². The van der Waals surface area contributed by atoms with Gasteiger partial charge in [-0.1, -0.05) is 72.8 Å². The van der Waals surface area contributed by atoms with Crippen LogP contribution in [0.4, 0.5) is 37.7 Å². The van der Waals surface area contributed by atoms with Gasteiger partial charge in [-0.2, -0.15) is 35.5 Å². The molecule has 4 aromatic carbocycles. The summed E-state index contributed by atoms with van der Waals surface area (Å²) in [6, 6.07) is 39.6. The molecule has 8 aliphatic rings. The van der Waals surface area contributed by atoms with Gasteiger partial charge in [-0.05, 0) is 23.3 Å². The van der Waals surface area contributed by atoms with Crippen LogP contribution in [0, 0.1) is 0 Å². The maximum Gasteiger partial charge on any atom is 0.430 e. The van der Waals surface area contributed by atoms with E-state index in [2.05, 4.69) is 141 Å². The van der Waals surface area contributed by atoms with Gasteiger partial charge in [-0.15, -0.1) is 0 Å². The molecule has 0 saturated heterocycles. The normalized spacial score (nSPS) is 12.7. The summed E-state index contributed by atoms with van der Waals surface area (Å²) in [4.78, 5) is 17.6. The van der Waals surface area contributed by atoms with Crippen LogP contribution in [0.1, 0.15) is 22.3 Å². The van der Waals surface area contributed by atoms with Gasteiger partial charge in [0.25, 0.3) is 0 Å². The number of pyridine rings is 2. The molecule has 0 radical (unpaired) electrons. The van der Waals surface area contributed by atoms with E-state index in [-0.39, 0.29) is 0 Å². The zero-order chi connectivity index (χ0) is 37.5. The highest BCUT2D eigenvalue weighted by atomic mass is 19.4. The number of hydrogen-bond donors (Lipinski definition) is 2. The third kappa shape index (κ3) is 9.53. The molecule has 2 aromatic heterocycles. The number of fused-ring (bicyclic) bond motifs is 1. The van der Waals surface area contributed by atoms with Crippen LogP contribution in [0.15, 0.2) is 122 Å². The van der Waals surface area contributed by atoms with Gasteiger partial charge >= 0.3 is 12.4 Å². The van der Waals surface area contributed by atoms with E-state index in [1.807, 2.05) is 0 Å². The lowest BCUT2D eigenvalue weighted by atomic mass is 10.1. The lowest BCUT2D eigenvalue weighted by molar-refractivity contribution is -0.662. The fourth-order valence-corrected chi connectivity index (χ4v) is 5.47. The smallest absolute Gasteiger partial charge is 0.430 e. The maximum atomic E-state index is 10.5. The third-order valence-corrected chi connectivity index (χ3v) is 8.03. The number of alkyl halides is 6. The topological polar surface area (TPSA) is 112 Å². The fourth-order valence-electron chi connectivity index (χ4n) is 5.47. The minimum Gasteiger partial charge on any atom is -0.542 e. The molecular weight excluding hydrogens is 690 g/mol. The van der Waals surface area contributed by atoms with Crippen molar-refractivity contribution in [2.75, 3.05) is 10.6 Å². The van der Waals surface area contributed by atoms with Gasteiger partial charge in [0.05, 0.1) is 22.1 Å². The molecular formula is C38H30F6N4O4. The predicted octanol–water partition coefficient (Wildman–Crippen LogP) is 4.80. The summed E-state index contributed by atoms with van der Waals surface area (Å²) in [5.41, 5.74) is 9.90. The number of carboxylic acids is 2. The van der Waals surface area contributed by atoms with Gasteiger partial charge < -0.3 is 30.4 Å². The SMILES string of the molecule is O=C([O-])C(F)(F)F.O=C([O-])C(F)(F)F.c1ccc2c(c1)c1cc[n+]2Cc2ccc(cc2)C[n+]2ccc(c3ccccc32)NCc2ccc(cc2)CN1. The highest BCUT2D eigenvalue weighted by Crippen LogP contribution is 2.24. The van der Waals surface area contributed by atoms with Crippen molar-refractivity contribution >= 4 is 45.1 Å². The lowest BCUT2D eigenvalue weighted by Crippen LogP contribution is -2.37. The van der Waals surface area contributed by atoms with Crippen LogP contribution in [0.5, 0.6) is 0 Å². The van der Waals surface area contributed by atoms with Crippen LogP contribution in [0.3, 0.4) is 0 Å². The first-order valence-corrected chi connectivity index (χ1v) is 15.7. The van der Waals surface area contributed by atoms with E-state index in [4.69, 9.17) is 19.8 Å². The number of anilines is 2. The summed E-state index contributed by atoms with van der Waals surface area (Å²) in [6.07, 6.45) is -5.99. The van der Waals surface area contributed by atoms with Gasteiger partial charge in [0.1, 0.15) is 11.9 Å². The van der Waals surface area contributed by atoms with Crippen LogP contribution >= 0.6 is 0 Å². The molecule has 0 saturated carbocycles. The van der Waals surface area contributed by atoms with Crippen molar-refractivity contribution in [1.82, 2.24) is 0 Å². The Bertz CT molecular complexity index is 2030. The monoisotopic (exact) mass is 720 g/mol. The molecule has 14 heteroatoms. The van der Waals surface area contributed by atoms with Crippen LogP contribution in [-0.2, 0) is 35.8 Å². The summed E-state index contributed by atoms with van der Waals surface area (Å²) >= 11 is 0. The second-order valence-corrected chi connectivity index (χ2v) is 11.7. The number of aliphatic carboxylic acids is 2. The summed E-state index contributed by atoms with van der Waals surface area (Å²) in [6.45, 7) is 3.23. The fraction of sp³-hybridized carbons (Fsp3) is 0.158. The molecule has 0 aliphatic carbocycles. The largest absolute Gasteiger partial charge is 0.542 e. The average Bonchev–Trinajstić information content (AvgIpc) is 3.11. The Kier molecular flexibility index (Phi) is 11.3. The average molecular weight is 721 g/mol. The standard InChI is InChI=1S/C34H28N4.2C2HF3O2/c1-3-7-33-29(5-1)31-17-19-37(33)23-27-13-15-28(16-14-27)24-38-20-18-32(30-6-2-4-8-34(30)38)36-22-26-11-9-25(10-12-26)21-35-31;2*3-2(4,5)1(6)7/h1-20H,21-24H2;2*(H,6,7). The summed E-state index contributed by atoms with van der Waals surface area (Å²) < 4.78 is 67.8. The first-order chi connectivity index (χ1) is 24.7. The quantitative estimate of drug-likeness (QED) is 0.172. The Hall–Kier alpha value is -6.18. The van der Waals surface area contributed by atoms with Gasteiger partial charge in [0.15, 0.2) is 25.5 Å². The Morgan fingerprint density at radius 1 is 0.500 bits per heavy atom. The Morgan fingerprint density at radius 3 is 1.13 bits per heavy atom. The van der Waals surface area contributed by atoms with Crippen LogP contribution in [0.25, 0.3) is 21.8 Å². The zero-order valence-electron chi connectivity index (χ0n) is 27.2. The Balaban J connectivity index is 0.000000318. The van der Waals surface area contributed by atoms with Crippen molar-refractivity contribution in [3.8, 4) is 0 Å². The van der Waals surface area contributed by atoms with E-state index in [1.165, 1.54) is 44.1 Å². The number of nitrogens with zero attached hydrogens (tertiary/aromatic N) is 2. The summed E-state index contributed by atoms with van der Waals surface area (Å²) in [7, 11) is 0. The zero-order valence-corrected chi connectivity index (χ0v) is 27.2. The number of carbonyl (C=O) groups excluding carboxylic acids is 2. The molecule has 268 valence electrons. The lowest BCUT2D eigenvalue weighted by Gasteiger charge is -2.12. The maximum absolute atomic E-state index is 10.5. The second kappa shape index (κ2) is 15.8. The molecule has 2 N–H and O–H groups in total. The van der Waals surface area contributed by atoms with Crippen LogP contribution in [0.2, 0.25) is 0 Å². The first-order valence-electron chi connectivity index (χ1n) is 15.7. The molecule has 8 nitrogen and oxygen atoms in total. The van der Waals surface area contributed by atoms with Crippen molar-refractivity contribution in [1.29, 1.82) is 0 Å². The van der Waals surface area contributed by atoms with Crippen molar-refractivity contribution < 1.29 is 55.3 Å². The molecule has 8 aliphatic heterocycles. The van der Waals surface area contributed by atoms with Crippen LogP contribution < -0.4 is 30.0 Å². The number of halogens is 6. The Labute approximate surface area is 293 Å². The predicted molar refractivity (Wildman–Crippen MR) is 176 cm³/mol. The molecule has 52 heavy (non-hydrogen) atoms. The van der Waals surface area contributed by atoms with Gasteiger partial charge in [-0.25, -0.2) is 0 Å². The number of aromatic nitrogens is 2. The molecule has 0 spiro atoms. The number of carbonyl (C=O) groups is 2. The van der Waals surface area contributed by atoms with Gasteiger partial charge in [0.2, 0.25) is 11.0 Å². The molecule has 10 heterocycles. The Morgan fingerprint density at radius 2 is 0.808 bits per heavy atom. The van der Waals surface area contributed by atoms with Gasteiger partial charge in [-0.3, -0.25) is 0 Å². The molecule has 0 unspecified atom stereocenters. The van der Waals surface area contributed by atoms with E-state index in [1.54, 1.807) is 0 Å². The molecule has 14 rings (SSSR count). The van der Waals surface area contributed by atoms with E-state index < -0.39 is 24.3 Å². The number of para-hydroxylation sites is 2. The number of benzene rings is 4. The number of rotatable bonds is 0. The van der Waals surface area contributed by atoms with Gasteiger partial charge in [0, 0.05) is 48.5 Å². The minimum atomic E-state index is -5.19. The van der Waals surface area contributed by atoms with Crippen molar-refractivity contribution in [2.24, 2.45) is 0 Å².